The fourth-order valence-electron chi connectivity index (χ4n) is 2.04. The standard InChI is InChI=1S/C11H12F2IN3O2S/c1-11(5-20(18,19)17(2)10(15)16-11)7-3-6(14)4-8(12)9(7)13/h3-4H,5H2,1-2H3,(H2,15,16). The minimum atomic E-state index is -3.72. The molecule has 1 aliphatic heterocycles. The molecule has 2 rings (SSSR count). The summed E-state index contributed by atoms with van der Waals surface area (Å²) in [5.41, 5.74) is 3.99. The predicted octanol–water partition coefficient (Wildman–Crippen LogP) is 1.37. The number of nitrogens with two attached hydrogens (primary N) is 1. The Balaban J connectivity index is 2.69. The lowest BCUT2D eigenvalue weighted by Gasteiger charge is -2.34. The summed E-state index contributed by atoms with van der Waals surface area (Å²) in [7, 11) is -2.46. The molecule has 1 aliphatic rings. The maximum Gasteiger partial charge on any atom is 0.239 e. The van der Waals surface area contributed by atoms with Crippen LogP contribution in [0.4, 0.5) is 8.78 Å². The molecule has 0 saturated carbocycles. The van der Waals surface area contributed by atoms with E-state index in [-0.39, 0.29) is 11.5 Å². The van der Waals surface area contributed by atoms with Gasteiger partial charge in [-0.25, -0.2) is 26.5 Å². The van der Waals surface area contributed by atoms with E-state index < -0.39 is 32.9 Å². The fourth-order valence-corrected chi connectivity index (χ4v) is 4.07. The third kappa shape index (κ3) is 2.48. The van der Waals surface area contributed by atoms with E-state index in [1.54, 1.807) is 0 Å². The highest BCUT2D eigenvalue weighted by Gasteiger charge is 2.42. The van der Waals surface area contributed by atoms with Gasteiger partial charge in [-0.3, -0.25) is 0 Å². The molecule has 1 aromatic carbocycles. The number of hydrogen-bond acceptors (Lipinski definition) is 4. The quantitative estimate of drug-likeness (QED) is 0.556. The van der Waals surface area contributed by atoms with Crippen LogP contribution in [0.15, 0.2) is 17.1 Å². The Labute approximate surface area is 129 Å². The van der Waals surface area contributed by atoms with Crippen molar-refractivity contribution in [2.45, 2.75) is 12.5 Å². The van der Waals surface area contributed by atoms with Crippen molar-refractivity contribution in [1.82, 2.24) is 4.31 Å². The van der Waals surface area contributed by atoms with Crippen LogP contribution in [-0.2, 0) is 15.6 Å². The Bertz CT molecular complexity index is 708. The number of sulfonamides is 1. The average Bonchev–Trinajstić information content (AvgIpc) is 2.30. The van der Waals surface area contributed by atoms with E-state index in [0.717, 1.165) is 10.4 Å². The minimum Gasteiger partial charge on any atom is -0.369 e. The van der Waals surface area contributed by atoms with Crippen LogP contribution in [0.5, 0.6) is 0 Å². The second-order valence-corrected chi connectivity index (χ2v) is 7.96. The lowest BCUT2D eigenvalue weighted by Crippen LogP contribution is -2.50. The molecule has 0 amide bonds. The van der Waals surface area contributed by atoms with Crippen LogP contribution in [0.2, 0.25) is 0 Å². The molecular weight excluding hydrogens is 403 g/mol. The zero-order valence-corrected chi connectivity index (χ0v) is 13.7. The molecule has 2 N–H and O–H groups in total. The van der Waals surface area contributed by atoms with Gasteiger partial charge in [-0.2, -0.15) is 0 Å². The molecule has 1 atom stereocenters. The minimum absolute atomic E-state index is 0.124. The number of nitrogens with zero attached hydrogens (tertiary/aromatic N) is 2. The highest BCUT2D eigenvalue weighted by molar-refractivity contribution is 14.1. The summed E-state index contributed by atoms with van der Waals surface area (Å²) >= 11 is 1.82. The second-order valence-electron chi connectivity index (χ2n) is 4.72. The zero-order valence-electron chi connectivity index (χ0n) is 10.7. The Morgan fingerprint density at radius 2 is 2.05 bits per heavy atom. The molecule has 0 radical (unpaired) electrons. The number of benzene rings is 1. The van der Waals surface area contributed by atoms with Crippen molar-refractivity contribution in [3.8, 4) is 0 Å². The van der Waals surface area contributed by atoms with Gasteiger partial charge >= 0.3 is 0 Å². The van der Waals surface area contributed by atoms with Gasteiger partial charge in [-0.1, -0.05) is 0 Å². The van der Waals surface area contributed by atoms with Crippen molar-refractivity contribution in [3.63, 3.8) is 0 Å². The van der Waals surface area contributed by atoms with Gasteiger partial charge in [0, 0.05) is 16.2 Å². The maximum atomic E-state index is 14.0. The van der Waals surface area contributed by atoms with Crippen molar-refractivity contribution in [1.29, 1.82) is 0 Å². The Morgan fingerprint density at radius 3 is 2.60 bits per heavy atom. The molecule has 1 aromatic rings. The molecule has 0 aromatic heterocycles. The first-order valence-corrected chi connectivity index (χ1v) is 8.22. The normalized spacial score (nSPS) is 25.4. The van der Waals surface area contributed by atoms with Crippen LogP contribution in [0.1, 0.15) is 12.5 Å². The lowest BCUT2D eigenvalue weighted by atomic mass is 9.94. The van der Waals surface area contributed by atoms with Crippen molar-refractivity contribution >= 4 is 38.6 Å². The maximum absolute atomic E-state index is 14.0. The van der Waals surface area contributed by atoms with Crippen LogP contribution >= 0.6 is 22.6 Å². The van der Waals surface area contributed by atoms with Gasteiger partial charge in [0.05, 0.1) is 5.75 Å². The summed E-state index contributed by atoms with van der Waals surface area (Å²) in [6, 6.07) is 2.40. The molecule has 110 valence electrons. The smallest absolute Gasteiger partial charge is 0.239 e. The molecular formula is C11H12F2IN3O2S. The number of hydrogen-bond donors (Lipinski definition) is 1. The highest BCUT2D eigenvalue weighted by Crippen LogP contribution is 2.34. The summed E-state index contributed by atoms with van der Waals surface area (Å²) in [4.78, 5) is 4.04. The first kappa shape index (κ1) is 15.4. The highest BCUT2D eigenvalue weighted by atomic mass is 127. The third-order valence-electron chi connectivity index (χ3n) is 3.14. The molecule has 0 spiro atoms. The van der Waals surface area contributed by atoms with Crippen molar-refractivity contribution < 1.29 is 17.2 Å². The monoisotopic (exact) mass is 415 g/mol. The molecule has 9 heteroatoms. The second kappa shape index (κ2) is 4.79. The van der Waals surface area contributed by atoms with Crippen molar-refractivity contribution in [2.24, 2.45) is 10.7 Å². The van der Waals surface area contributed by atoms with E-state index in [9.17, 15) is 17.2 Å². The van der Waals surface area contributed by atoms with E-state index in [1.807, 2.05) is 22.6 Å². The predicted molar refractivity (Wildman–Crippen MR) is 79.6 cm³/mol. The molecule has 20 heavy (non-hydrogen) atoms. The van der Waals surface area contributed by atoms with Gasteiger partial charge in [0.1, 0.15) is 5.54 Å². The summed E-state index contributed by atoms with van der Waals surface area (Å²) in [6.07, 6.45) is 0. The number of guanidine groups is 1. The van der Waals surface area contributed by atoms with Gasteiger partial charge in [0.2, 0.25) is 16.0 Å². The molecule has 5 nitrogen and oxygen atoms in total. The number of aliphatic imine (C=N–C) groups is 1. The summed E-state index contributed by atoms with van der Waals surface area (Å²) < 4.78 is 52.8. The molecule has 0 saturated heterocycles. The van der Waals surface area contributed by atoms with E-state index in [2.05, 4.69) is 4.99 Å². The Kier molecular flexibility index (Phi) is 3.70. The van der Waals surface area contributed by atoms with Crippen LogP contribution in [0.25, 0.3) is 0 Å². The van der Waals surface area contributed by atoms with Crippen LogP contribution < -0.4 is 5.73 Å². The topological polar surface area (TPSA) is 75.8 Å². The van der Waals surface area contributed by atoms with Crippen LogP contribution in [0.3, 0.4) is 0 Å². The van der Waals surface area contributed by atoms with Gasteiger partial charge in [0.25, 0.3) is 0 Å². The van der Waals surface area contributed by atoms with E-state index in [0.29, 0.717) is 3.57 Å². The van der Waals surface area contributed by atoms with Gasteiger partial charge in [0.15, 0.2) is 11.6 Å². The zero-order chi connectivity index (χ0) is 15.3. The van der Waals surface area contributed by atoms with Crippen molar-refractivity contribution in [3.05, 3.63) is 32.9 Å². The summed E-state index contributed by atoms with van der Waals surface area (Å²) in [6.45, 7) is 1.42. The lowest BCUT2D eigenvalue weighted by molar-refractivity contribution is 0.435. The molecule has 1 unspecified atom stereocenters. The largest absolute Gasteiger partial charge is 0.369 e. The van der Waals surface area contributed by atoms with E-state index in [4.69, 9.17) is 5.73 Å². The molecule has 0 bridgehead atoms. The number of halogens is 3. The van der Waals surface area contributed by atoms with Crippen LogP contribution in [0, 0.1) is 15.2 Å². The Morgan fingerprint density at radius 1 is 1.45 bits per heavy atom. The fraction of sp³-hybridized carbons (Fsp3) is 0.364. The Hall–Kier alpha value is -0.970. The van der Waals surface area contributed by atoms with Crippen molar-refractivity contribution in [2.75, 3.05) is 12.8 Å². The van der Waals surface area contributed by atoms with E-state index >= 15 is 0 Å². The molecule has 0 fully saturated rings. The third-order valence-corrected chi connectivity index (χ3v) is 5.71. The SMILES string of the molecule is CN1C(N)=NC(C)(c2cc(I)cc(F)c2F)CS1(=O)=O. The summed E-state index contributed by atoms with van der Waals surface area (Å²) in [5, 5.41) is 0. The van der Waals surface area contributed by atoms with Gasteiger partial charge < -0.3 is 5.73 Å². The number of rotatable bonds is 1. The van der Waals surface area contributed by atoms with E-state index in [1.165, 1.54) is 20.0 Å². The summed E-state index contributed by atoms with van der Waals surface area (Å²) in [5.74, 6) is -2.88. The van der Waals surface area contributed by atoms with Gasteiger partial charge in [-0.05, 0) is 41.6 Å². The first-order chi connectivity index (χ1) is 9.07. The van der Waals surface area contributed by atoms with Crippen LogP contribution in [-0.4, -0.2) is 31.5 Å². The average molecular weight is 415 g/mol. The molecule has 0 aliphatic carbocycles. The first-order valence-electron chi connectivity index (χ1n) is 5.54. The molecule has 1 heterocycles. The van der Waals surface area contributed by atoms with Gasteiger partial charge in [-0.15, -0.1) is 0 Å².